The maximum absolute atomic E-state index is 12.3. The molecule has 2 aromatic rings. The Morgan fingerprint density at radius 2 is 2.25 bits per heavy atom. The molecule has 0 atom stereocenters. The van der Waals surface area contributed by atoms with E-state index in [1.54, 1.807) is 6.33 Å². The highest BCUT2D eigenvalue weighted by atomic mass is 32.2. The highest BCUT2D eigenvalue weighted by Crippen LogP contribution is 2.38. The third kappa shape index (κ3) is 3.32. The van der Waals surface area contributed by atoms with Crippen LogP contribution < -0.4 is 11.1 Å². The van der Waals surface area contributed by atoms with Gasteiger partial charge in [0.1, 0.15) is 11.3 Å². The number of fused-ring (bicyclic) bond motifs is 1. The van der Waals surface area contributed by atoms with Crippen LogP contribution >= 0.6 is 23.1 Å². The van der Waals surface area contributed by atoms with Gasteiger partial charge >= 0.3 is 0 Å². The van der Waals surface area contributed by atoms with E-state index in [2.05, 4.69) is 15.5 Å². The molecule has 1 aliphatic rings. The third-order valence-corrected chi connectivity index (χ3v) is 6.01. The van der Waals surface area contributed by atoms with E-state index < -0.39 is 5.91 Å². The van der Waals surface area contributed by atoms with Crippen LogP contribution in [0.4, 0.5) is 5.00 Å². The second-order valence-electron chi connectivity index (χ2n) is 5.88. The van der Waals surface area contributed by atoms with Crippen molar-refractivity contribution in [2.75, 3.05) is 11.1 Å². The minimum atomic E-state index is -0.475. The Morgan fingerprint density at radius 3 is 2.96 bits per heavy atom. The third-order valence-electron chi connectivity index (χ3n) is 3.85. The lowest BCUT2D eigenvalue weighted by atomic mass is 10.1. The molecule has 0 saturated heterocycles. The number of aromatic nitrogens is 3. The van der Waals surface area contributed by atoms with Crippen molar-refractivity contribution in [1.29, 1.82) is 0 Å². The maximum Gasteiger partial charge on any atom is 0.251 e. The van der Waals surface area contributed by atoms with Crippen LogP contribution in [0.1, 0.15) is 47.1 Å². The van der Waals surface area contributed by atoms with Crippen LogP contribution in [-0.2, 0) is 17.6 Å². The Hall–Kier alpha value is -1.87. The Labute approximate surface area is 148 Å². The number of carbonyl (C=O) groups excluding carboxylic acids is 2. The van der Waals surface area contributed by atoms with Gasteiger partial charge in [0, 0.05) is 10.9 Å². The molecule has 2 aromatic heterocycles. The molecule has 0 spiro atoms. The SMILES string of the molecule is CC(C)n1cnnc1SCC(=O)Nc1sc2c(c1C(N)=O)CCC2. The van der Waals surface area contributed by atoms with Gasteiger partial charge in [0.15, 0.2) is 5.16 Å². The summed E-state index contributed by atoms with van der Waals surface area (Å²) >= 11 is 2.78. The summed E-state index contributed by atoms with van der Waals surface area (Å²) in [5.74, 6) is -0.454. The Morgan fingerprint density at radius 1 is 1.46 bits per heavy atom. The molecule has 0 unspecified atom stereocenters. The lowest BCUT2D eigenvalue weighted by molar-refractivity contribution is -0.113. The number of primary amides is 1. The van der Waals surface area contributed by atoms with Crippen LogP contribution in [-0.4, -0.2) is 32.3 Å². The van der Waals surface area contributed by atoms with E-state index in [1.807, 2.05) is 18.4 Å². The number of rotatable bonds is 6. The number of carbonyl (C=O) groups is 2. The van der Waals surface area contributed by atoms with Gasteiger partial charge in [-0.15, -0.1) is 21.5 Å². The second kappa shape index (κ2) is 6.94. The van der Waals surface area contributed by atoms with Gasteiger partial charge in [-0.05, 0) is 38.7 Å². The number of anilines is 1. The molecule has 1 aliphatic carbocycles. The summed E-state index contributed by atoms with van der Waals surface area (Å²) in [5.41, 5.74) is 6.99. The van der Waals surface area contributed by atoms with Crippen molar-refractivity contribution in [3.05, 3.63) is 22.3 Å². The molecule has 2 amide bonds. The highest BCUT2D eigenvalue weighted by Gasteiger charge is 2.26. The summed E-state index contributed by atoms with van der Waals surface area (Å²) in [6.07, 6.45) is 4.49. The Balaban J connectivity index is 1.67. The molecule has 3 N–H and O–H groups in total. The zero-order valence-corrected chi connectivity index (χ0v) is 15.2. The topological polar surface area (TPSA) is 103 Å². The fraction of sp³-hybridized carbons (Fsp3) is 0.467. The lowest BCUT2D eigenvalue weighted by Gasteiger charge is -2.09. The van der Waals surface area contributed by atoms with Crippen molar-refractivity contribution >= 4 is 39.9 Å². The summed E-state index contributed by atoms with van der Waals surface area (Å²) in [6.45, 7) is 4.06. The van der Waals surface area contributed by atoms with Crippen LogP contribution in [0.2, 0.25) is 0 Å². The van der Waals surface area contributed by atoms with Gasteiger partial charge in [0.2, 0.25) is 5.91 Å². The van der Waals surface area contributed by atoms with Crippen LogP contribution in [0.3, 0.4) is 0 Å². The van der Waals surface area contributed by atoms with E-state index in [4.69, 9.17) is 5.73 Å². The first kappa shape index (κ1) is 17.0. The first-order chi connectivity index (χ1) is 11.5. The van der Waals surface area contributed by atoms with Crippen molar-refractivity contribution in [2.45, 2.75) is 44.3 Å². The Bertz CT molecular complexity index is 781. The van der Waals surface area contributed by atoms with E-state index >= 15 is 0 Å². The molecule has 3 rings (SSSR count). The number of thiophene rings is 1. The molecule has 9 heteroatoms. The van der Waals surface area contributed by atoms with Crippen LogP contribution in [0.15, 0.2) is 11.5 Å². The fourth-order valence-electron chi connectivity index (χ4n) is 2.74. The molecule has 0 saturated carbocycles. The number of hydrogen-bond acceptors (Lipinski definition) is 6. The molecule has 7 nitrogen and oxygen atoms in total. The molecule has 0 aliphatic heterocycles. The van der Waals surface area contributed by atoms with Gasteiger partial charge in [-0.3, -0.25) is 9.59 Å². The molecule has 2 heterocycles. The molecule has 0 radical (unpaired) electrons. The smallest absolute Gasteiger partial charge is 0.251 e. The molecule has 0 aromatic carbocycles. The monoisotopic (exact) mass is 365 g/mol. The number of nitrogens with two attached hydrogens (primary N) is 1. The zero-order chi connectivity index (χ0) is 17.3. The normalized spacial score (nSPS) is 13.3. The second-order valence-corrected chi connectivity index (χ2v) is 7.92. The predicted octanol–water partition coefficient (Wildman–Crippen LogP) is 2.24. The van der Waals surface area contributed by atoms with Crippen molar-refractivity contribution in [2.24, 2.45) is 5.73 Å². The van der Waals surface area contributed by atoms with E-state index in [9.17, 15) is 9.59 Å². The predicted molar refractivity (Wildman–Crippen MR) is 94.6 cm³/mol. The van der Waals surface area contributed by atoms with Crippen molar-refractivity contribution in [1.82, 2.24) is 14.8 Å². The Kier molecular flexibility index (Phi) is 4.91. The molecule has 0 fully saturated rings. The maximum atomic E-state index is 12.3. The summed E-state index contributed by atoms with van der Waals surface area (Å²) in [7, 11) is 0. The summed E-state index contributed by atoms with van der Waals surface area (Å²) in [6, 6.07) is 0.229. The van der Waals surface area contributed by atoms with Crippen molar-refractivity contribution in [3.63, 3.8) is 0 Å². The molecular formula is C15H19N5O2S2. The average molecular weight is 365 g/mol. The molecule has 24 heavy (non-hydrogen) atoms. The zero-order valence-electron chi connectivity index (χ0n) is 13.5. The molecular weight excluding hydrogens is 346 g/mol. The summed E-state index contributed by atoms with van der Waals surface area (Å²) < 4.78 is 1.91. The average Bonchev–Trinajstić information content (AvgIpc) is 3.19. The fourth-order valence-corrected chi connectivity index (χ4v) is 4.89. The number of nitrogens with one attached hydrogen (secondary N) is 1. The minimum absolute atomic E-state index is 0.180. The van der Waals surface area contributed by atoms with Crippen molar-refractivity contribution < 1.29 is 9.59 Å². The number of thioether (sulfide) groups is 1. The van der Waals surface area contributed by atoms with E-state index in [1.165, 1.54) is 23.1 Å². The lowest BCUT2D eigenvalue weighted by Crippen LogP contribution is -2.19. The van der Waals surface area contributed by atoms with E-state index in [0.29, 0.717) is 15.7 Å². The van der Waals surface area contributed by atoms with Crippen LogP contribution in [0.25, 0.3) is 0 Å². The highest BCUT2D eigenvalue weighted by molar-refractivity contribution is 7.99. The minimum Gasteiger partial charge on any atom is -0.365 e. The first-order valence-corrected chi connectivity index (χ1v) is 9.54. The van der Waals surface area contributed by atoms with Crippen LogP contribution in [0, 0.1) is 0 Å². The van der Waals surface area contributed by atoms with Gasteiger partial charge in [0.25, 0.3) is 5.91 Å². The number of nitrogens with zero attached hydrogens (tertiary/aromatic N) is 3. The van der Waals surface area contributed by atoms with E-state index in [-0.39, 0.29) is 17.7 Å². The number of amides is 2. The summed E-state index contributed by atoms with van der Waals surface area (Å²) in [5, 5.41) is 12.0. The quantitative estimate of drug-likeness (QED) is 0.764. The standard InChI is InChI=1S/C15H19N5O2S2/c1-8(2)20-7-17-19-15(20)23-6-11(21)18-14-12(13(16)22)9-4-3-5-10(9)24-14/h7-8H,3-6H2,1-2H3,(H2,16,22)(H,18,21). The van der Waals surface area contributed by atoms with Gasteiger partial charge in [-0.1, -0.05) is 11.8 Å². The number of aryl methyl sites for hydroxylation is 1. The van der Waals surface area contributed by atoms with Gasteiger partial charge in [0.05, 0.1) is 11.3 Å². The largest absolute Gasteiger partial charge is 0.365 e. The molecule has 0 bridgehead atoms. The molecule has 128 valence electrons. The van der Waals surface area contributed by atoms with E-state index in [0.717, 1.165) is 29.7 Å². The van der Waals surface area contributed by atoms with Gasteiger partial charge in [-0.2, -0.15) is 0 Å². The first-order valence-electron chi connectivity index (χ1n) is 7.74. The van der Waals surface area contributed by atoms with Crippen molar-refractivity contribution in [3.8, 4) is 0 Å². The van der Waals surface area contributed by atoms with Gasteiger partial charge < -0.3 is 15.6 Å². The van der Waals surface area contributed by atoms with Crippen LogP contribution in [0.5, 0.6) is 0 Å². The summed E-state index contributed by atoms with van der Waals surface area (Å²) in [4.78, 5) is 25.2. The number of hydrogen-bond donors (Lipinski definition) is 2. The van der Waals surface area contributed by atoms with Gasteiger partial charge in [-0.25, -0.2) is 0 Å².